The van der Waals surface area contributed by atoms with Crippen LogP contribution in [0.15, 0.2) is 29.2 Å². The highest BCUT2D eigenvalue weighted by Gasteiger charge is 2.24. The zero-order valence-corrected chi connectivity index (χ0v) is 13.8. The quantitative estimate of drug-likeness (QED) is 0.818. The molecule has 0 saturated carbocycles. The highest BCUT2D eigenvalue weighted by atomic mass is 32.2. The van der Waals surface area contributed by atoms with Crippen LogP contribution in [-0.4, -0.2) is 32.4 Å². The van der Waals surface area contributed by atoms with Crippen molar-refractivity contribution < 1.29 is 8.42 Å². The Bertz CT molecular complexity index is 615. The van der Waals surface area contributed by atoms with Crippen molar-refractivity contribution in [3.8, 4) is 11.8 Å². The summed E-state index contributed by atoms with van der Waals surface area (Å²) in [4.78, 5) is 0.288. The van der Waals surface area contributed by atoms with Gasteiger partial charge >= 0.3 is 0 Å². The van der Waals surface area contributed by atoms with Gasteiger partial charge in [-0.3, -0.25) is 0 Å². The lowest BCUT2D eigenvalue weighted by atomic mass is 10.1. The van der Waals surface area contributed by atoms with Gasteiger partial charge in [-0.1, -0.05) is 45.1 Å². The van der Waals surface area contributed by atoms with E-state index in [1.165, 1.54) is 4.31 Å². The van der Waals surface area contributed by atoms with Crippen molar-refractivity contribution in [2.24, 2.45) is 11.7 Å². The van der Waals surface area contributed by atoms with Crippen LogP contribution in [0.3, 0.4) is 0 Å². The van der Waals surface area contributed by atoms with Crippen molar-refractivity contribution in [2.75, 3.05) is 19.6 Å². The van der Waals surface area contributed by atoms with Crippen LogP contribution in [0.5, 0.6) is 0 Å². The maximum absolute atomic E-state index is 12.7. The van der Waals surface area contributed by atoms with Crippen LogP contribution in [-0.2, 0) is 10.0 Å². The largest absolute Gasteiger partial charge is 0.320 e. The Morgan fingerprint density at radius 3 is 2.62 bits per heavy atom. The molecule has 0 bridgehead atoms. The van der Waals surface area contributed by atoms with E-state index in [0.717, 1.165) is 6.42 Å². The molecule has 0 saturated heterocycles. The zero-order chi connectivity index (χ0) is 15.9. The Hall–Kier alpha value is -1.35. The van der Waals surface area contributed by atoms with Crippen LogP contribution in [0.1, 0.15) is 32.8 Å². The van der Waals surface area contributed by atoms with Gasteiger partial charge in [0.2, 0.25) is 10.0 Å². The summed E-state index contributed by atoms with van der Waals surface area (Å²) < 4.78 is 26.9. The Balaban J connectivity index is 3.10. The number of hydrogen-bond donors (Lipinski definition) is 1. The third-order valence-electron chi connectivity index (χ3n) is 3.37. The smallest absolute Gasteiger partial charge is 0.243 e. The summed E-state index contributed by atoms with van der Waals surface area (Å²) in [6.45, 7) is 7.24. The highest BCUT2D eigenvalue weighted by molar-refractivity contribution is 7.89. The van der Waals surface area contributed by atoms with Crippen LogP contribution < -0.4 is 5.73 Å². The zero-order valence-electron chi connectivity index (χ0n) is 13.0. The molecular formula is C16H24N2O2S. The lowest BCUT2D eigenvalue weighted by molar-refractivity contribution is 0.361. The predicted molar refractivity (Wildman–Crippen MR) is 86.3 cm³/mol. The van der Waals surface area contributed by atoms with Crippen molar-refractivity contribution in [1.29, 1.82) is 0 Å². The number of nitrogens with two attached hydrogens (primary N) is 1. The topological polar surface area (TPSA) is 63.4 Å². The Labute approximate surface area is 128 Å². The fourth-order valence-corrected chi connectivity index (χ4v) is 3.53. The fraction of sp³-hybridized carbons (Fsp3) is 0.500. The number of hydrogen-bond acceptors (Lipinski definition) is 3. The van der Waals surface area contributed by atoms with Crippen LogP contribution in [0, 0.1) is 17.8 Å². The summed E-state index contributed by atoms with van der Waals surface area (Å²) in [6.07, 6.45) is 0.952. The maximum atomic E-state index is 12.7. The monoisotopic (exact) mass is 308 g/mol. The molecule has 0 aliphatic heterocycles. The van der Waals surface area contributed by atoms with Crippen molar-refractivity contribution >= 4 is 10.0 Å². The Morgan fingerprint density at radius 1 is 1.33 bits per heavy atom. The van der Waals surface area contributed by atoms with E-state index in [1.807, 2.05) is 6.92 Å². The SMILES string of the molecule is CCC(C)CN(CC)S(=O)(=O)c1cccc(C#CCN)c1. The summed E-state index contributed by atoms with van der Waals surface area (Å²) in [5.41, 5.74) is 6.01. The number of nitrogens with zero attached hydrogens (tertiary/aromatic N) is 1. The molecule has 0 spiro atoms. The maximum Gasteiger partial charge on any atom is 0.243 e. The van der Waals surface area contributed by atoms with Crippen molar-refractivity contribution in [1.82, 2.24) is 4.31 Å². The normalized spacial score (nSPS) is 12.8. The van der Waals surface area contributed by atoms with Crippen LogP contribution >= 0.6 is 0 Å². The molecule has 116 valence electrons. The summed E-state index contributed by atoms with van der Waals surface area (Å²) in [7, 11) is -3.47. The minimum atomic E-state index is -3.47. The molecule has 1 rings (SSSR count). The molecule has 5 heteroatoms. The van der Waals surface area contributed by atoms with Crippen molar-refractivity contribution in [3.05, 3.63) is 29.8 Å². The van der Waals surface area contributed by atoms with Gasteiger partial charge in [-0.15, -0.1) is 0 Å². The summed E-state index contributed by atoms with van der Waals surface area (Å²) in [6, 6.07) is 6.72. The second-order valence-corrected chi connectivity index (χ2v) is 6.94. The average molecular weight is 308 g/mol. The molecule has 0 aliphatic rings. The van der Waals surface area contributed by atoms with E-state index in [4.69, 9.17) is 5.73 Å². The summed E-state index contributed by atoms with van der Waals surface area (Å²) in [5, 5.41) is 0. The first kappa shape index (κ1) is 17.7. The third kappa shape index (κ3) is 4.85. The first-order valence-corrected chi connectivity index (χ1v) is 8.68. The van der Waals surface area contributed by atoms with Crippen LogP contribution in [0.25, 0.3) is 0 Å². The van der Waals surface area contributed by atoms with E-state index in [2.05, 4.69) is 25.7 Å². The molecule has 1 atom stereocenters. The molecule has 0 heterocycles. The molecule has 1 aromatic carbocycles. The van der Waals surface area contributed by atoms with E-state index in [9.17, 15) is 8.42 Å². The number of benzene rings is 1. The number of rotatable bonds is 6. The molecule has 21 heavy (non-hydrogen) atoms. The Kier molecular flexibility index (Phi) is 6.90. The van der Waals surface area contributed by atoms with Gasteiger partial charge in [0.05, 0.1) is 11.4 Å². The van der Waals surface area contributed by atoms with Gasteiger partial charge in [-0.25, -0.2) is 8.42 Å². The van der Waals surface area contributed by atoms with Crippen LogP contribution in [0.2, 0.25) is 0 Å². The minimum absolute atomic E-state index is 0.256. The molecule has 0 amide bonds. The van der Waals surface area contributed by atoms with Gasteiger partial charge in [-0.2, -0.15) is 4.31 Å². The van der Waals surface area contributed by atoms with Crippen molar-refractivity contribution in [3.63, 3.8) is 0 Å². The number of sulfonamides is 1. The van der Waals surface area contributed by atoms with Crippen molar-refractivity contribution in [2.45, 2.75) is 32.1 Å². The van der Waals surface area contributed by atoms with Gasteiger partial charge in [0.25, 0.3) is 0 Å². The molecule has 0 fully saturated rings. The van der Waals surface area contributed by atoms with Gasteiger partial charge in [0.1, 0.15) is 0 Å². The second-order valence-electron chi connectivity index (χ2n) is 5.00. The molecule has 0 aliphatic carbocycles. The van der Waals surface area contributed by atoms with E-state index in [1.54, 1.807) is 24.3 Å². The standard InChI is InChI=1S/C16H24N2O2S/c1-4-14(3)13-18(5-2)21(19,20)16-10-6-8-15(12-16)9-7-11-17/h6,8,10,12,14H,4-5,11,13,17H2,1-3H3. The van der Waals surface area contributed by atoms with E-state index in [0.29, 0.717) is 24.6 Å². The third-order valence-corrected chi connectivity index (χ3v) is 5.31. The highest BCUT2D eigenvalue weighted by Crippen LogP contribution is 2.18. The van der Waals surface area contributed by atoms with Gasteiger partial charge in [0, 0.05) is 18.7 Å². The first-order valence-electron chi connectivity index (χ1n) is 7.24. The molecule has 1 unspecified atom stereocenters. The molecule has 1 aromatic rings. The molecular weight excluding hydrogens is 284 g/mol. The minimum Gasteiger partial charge on any atom is -0.320 e. The fourth-order valence-electron chi connectivity index (χ4n) is 1.91. The van der Waals surface area contributed by atoms with Gasteiger partial charge in [-0.05, 0) is 24.1 Å². The van der Waals surface area contributed by atoms with Gasteiger partial charge in [0.15, 0.2) is 0 Å². The Morgan fingerprint density at radius 2 is 2.05 bits per heavy atom. The first-order chi connectivity index (χ1) is 9.95. The molecule has 0 radical (unpaired) electrons. The second kappa shape index (κ2) is 8.18. The summed E-state index contributed by atoms with van der Waals surface area (Å²) >= 11 is 0. The van der Waals surface area contributed by atoms with Gasteiger partial charge < -0.3 is 5.73 Å². The average Bonchev–Trinajstić information content (AvgIpc) is 2.50. The summed E-state index contributed by atoms with van der Waals surface area (Å²) in [5.74, 6) is 5.94. The molecule has 0 aromatic heterocycles. The molecule has 4 nitrogen and oxygen atoms in total. The van der Waals surface area contributed by atoms with E-state index >= 15 is 0 Å². The predicted octanol–water partition coefficient (Wildman–Crippen LogP) is 2.05. The van der Waals surface area contributed by atoms with E-state index < -0.39 is 10.0 Å². The van der Waals surface area contributed by atoms with Crippen LogP contribution in [0.4, 0.5) is 0 Å². The molecule has 2 N–H and O–H groups in total. The lowest BCUT2D eigenvalue weighted by Crippen LogP contribution is -2.34. The lowest BCUT2D eigenvalue weighted by Gasteiger charge is -2.23. The van der Waals surface area contributed by atoms with E-state index in [-0.39, 0.29) is 11.4 Å².